The summed E-state index contributed by atoms with van der Waals surface area (Å²) in [5.41, 5.74) is 1.56. The fourth-order valence-corrected chi connectivity index (χ4v) is 2.44. The van der Waals surface area contributed by atoms with Crippen LogP contribution in [0.1, 0.15) is 24.8 Å². The maximum atomic E-state index is 11.9. The third kappa shape index (κ3) is 3.46. The summed E-state index contributed by atoms with van der Waals surface area (Å²) in [6, 6.07) is 1.73. The van der Waals surface area contributed by atoms with E-state index in [1.165, 1.54) is 0 Å². The zero-order valence-electron chi connectivity index (χ0n) is 11.5. The summed E-state index contributed by atoms with van der Waals surface area (Å²) < 4.78 is 5.58. The van der Waals surface area contributed by atoms with Crippen molar-refractivity contribution in [2.75, 3.05) is 6.61 Å². The average molecular weight is 294 g/mol. The van der Waals surface area contributed by atoms with Gasteiger partial charge in [-0.1, -0.05) is 6.92 Å². The summed E-state index contributed by atoms with van der Waals surface area (Å²) in [6.45, 7) is 3.66. The van der Waals surface area contributed by atoms with Crippen molar-refractivity contribution >= 4 is 17.2 Å². The molecule has 20 heavy (non-hydrogen) atoms. The van der Waals surface area contributed by atoms with Gasteiger partial charge < -0.3 is 14.8 Å². The molecule has 0 aliphatic heterocycles. The zero-order chi connectivity index (χ0) is 14.5. The van der Waals surface area contributed by atoms with E-state index in [4.69, 9.17) is 9.52 Å². The molecule has 0 aromatic carbocycles. The van der Waals surface area contributed by atoms with Crippen molar-refractivity contribution < 1.29 is 14.3 Å². The lowest BCUT2D eigenvalue weighted by Crippen LogP contribution is -2.37. The first-order valence-corrected chi connectivity index (χ1v) is 7.47. The van der Waals surface area contributed by atoms with Crippen LogP contribution in [0.4, 0.5) is 0 Å². The minimum absolute atomic E-state index is 0.0554. The largest absolute Gasteiger partial charge is 0.441 e. The Hall–Kier alpha value is -1.66. The van der Waals surface area contributed by atoms with E-state index < -0.39 is 0 Å². The molecule has 5 nitrogen and oxygen atoms in total. The van der Waals surface area contributed by atoms with E-state index >= 15 is 0 Å². The molecule has 1 amide bonds. The lowest BCUT2D eigenvalue weighted by atomic mass is 10.2. The Bertz CT molecular complexity index is 559. The number of thiophene rings is 1. The molecule has 1 unspecified atom stereocenters. The van der Waals surface area contributed by atoms with Gasteiger partial charge in [0.2, 0.25) is 11.8 Å². The molecule has 0 saturated carbocycles. The van der Waals surface area contributed by atoms with Gasteiger partial charge in [0.05, 0.1) is 24.8 Å². The number of hydrogen-bond donors (Lipinski definition) is 2. The van der Waals surface area contributed by atoms with E-state index in [9.17, 15) is 4.79 Å². The predicted octanol–water partition coefficient (Wildman–Crippen LogP) is 2.14. The van der Waals surface area contributed by atoms with E-state index in [0.717, 1.165) is 5.56 Å². The molecule has 0 fully saturated rings. The van der Waals surface area contributed by atoms with Crippen LogP contribution < -0.4 is 5.32 Å². The van der Waals surface area contributed by atoms with Crippen molar-refractivity contribution in [1.29, 1.82) is 0 Å². The normalized spacial score (nSPS) is 12.3. The van der Waals surface area contributed by atoms with Crippen LogP contribution in [0.2, 0.25) is 0 Å². The molecule has 0 bridgehead atoms. The van der Waals surface area contributed by atoms with Gasteiger partial charge in [-0.25, -0.2) is 4.98 Å². The number of aliphatic hydroxyl groups is 1. The van der Waals surface area contributed by atoms with E-state index in [-0.39, 0.29) is 25.0 Å². The highest BCUT2D eigenvalue weighted by atomic mass is 32.1. The average Bonchev–Trinajstić information content (AvgIpc) is 3.06. The highest BCUT2D eigenvalue weighted by Crippen LogP contribution is 2.23. The third-order valence-corrected chi connectivity index (χ3v) is 3.75. The molecule has 6 heteroatoms. The van der Waals surface area contributed by atoms with E-state index in [2.05, 4.69) is 10.3 Å². The number of rotatable bonds is 6. The molecule has 2 aromatic rings. The second kappa shape index (κ2) is 6.67. The minimum atomic E-state index is -0.203. The highest BCUT2D eigenvalue weighted by molar-refractivity contribution is 7.08. The van der Waals surface area contributed by atoms with Gasteiger partial charge in [-0.2, -0.15) is 11.3 Å². The van der Waals surface area contributed by atoms with Crippen LogP contribution >= 0.6 is 11.3 Å². The summed E-state index contributed by atoms with van der Waals surface area (Å²) in [7, 11) is 0. The molecule has 2 rings (SSSR count). The first kappa shape index (κ1) is 14.7. The van der Waals surface area contributed by atoms with Crippen LogP contribution in [0.5, 0.6) is 0 Å². The number of carbonyl (C=O) groups is 1. The van der Waals surface area contributed by atoms with E-state index in [1.807, 2.05) is 23.8 Å². The molecular formula is C14H18N2O3S. The maximum Gasteiger partial charge on any atom is 0.227 e. The molecule has 0 aliphatic rings. The lowest BCUT2D eigenvalue weighted by molar-refractivity contribution is -0.121. The lowest BCUT2D eigenvalue weighted by Gasteiger charge is -2.13. The molecular weight excluding hydrogens is 276 g/mol. The van der Waals surface area contributed by atoms with Crippen molar-refractivity contribution in [3.05, 3.63) is 28.3 Å². The Morgan fingerprint density at radius 3 is 3.00 bits per heavy atom. The topological polar surface area (TPSA) is 75.4 Å². The number of oxazole rings is 1. The maximum absolute atomic E-state index is 11.9. The SMILES string of the molecule is CCC(CO)NC(=O)Cc1nc(-c2ccsc2)oc1C. The number of aryl methyl sites for hydroxylation is 1. The Balaban J connectivity index is 2.05. The molecule has 2 aromatic heterocycles. The quantitative estimate of drug-likeness (QED) is 0.856. The van der Waals surface area contributed by atoms with Gasteiger partial charge in [0.15, 0.2) is 0 Å². The number of amides is 1. The van der Waals surface area contributed by atoms with Gasteiger partial charge in [-0.3, -0.25) is 4.79 Å². The van der Waals surface area contributed by atoms with Crippen molar-refractivity contribution in [3.63, 3.8) is 0 Å². The number of aromatic nitrogens is 1. The number of nitrogens with zero attached hydrogens (tertiary/aromatic N) is 1. The Morgan fingerprint density at radius 2 is 2.40 bits per heavy atom. The predicted molar refractivity (Wildman–Crippen MR) is 77.6 cm³/mol. The fraction of sp³-hybridized carbons (Fsp3) is 0.429. The molecule has 0 saturated heterocycles. The summed E-state index contributed by atoms with van der Waals surface area (Å²) in [6.07, 6.45) is 0.857. The highest BCUT2D eigenvalue weighted by Gasteiger charge is 2.16. The van der Waals surface area contributed by atoms with Crippen LogP contribution in [-0.2, 0) is 11.2 Å². The van der Waals surface area contributed by atoms with Gasteiger partial charge in [0.1, 0.15) is 5.76 Å². The molecule has 2 heterocycles. The van der Waals surface area contributed by atoms with Gasteiger partial charge in [-0.15, -0.1) is 0 Å². The van der Waals surface area contributed by atoms with Crippen molar-refractivity contribution in [2.24, 2.45) is 0 Å². The number of nitrogens with one attached hydrogen (secondary N) is 1. The van der Waals surface area contributed by atoms with Crippen LogP contribution in [-0.4, -0.2) is 28.6 Å². The molecule has 2 N–H and O–H groups in total. The van der Waals surface area contributed by atoms with Gasteiger partial charge in [0, 0.05) is 10.9 Å². The standard InChI is InChI=1S/C14H18N2O3S/c1-3-11(7-17)15-13(18)6-12-9(2)19-14(16-12)10-4-5-20-8-10/h4-5,8,11,17H,3,6-7H2,1-2H3,(H,15,18). The smallest absolute Gasteiger partial charge is 0.227 e. The minimum Gasteiger partial charge on any atom is -0.441 e. The number of carbonyl (C=O) groups excluding carboxylic acids is 1. The zero-order valence-corrected chi connectivity index (χ0v) is 12.4. The number of aliphatic hydroxyl groups excluding tert-OH is 1. The Labute approximate surface area is 121 Å². The van der Waals surface area contributed by atoms with Gasteiger partial charge in [0.25, 0.3) is 0 Å². The van der Waals surface area contributed by atoms with Crippen LogP contribution in [0.3, 0.4) is 0 Å². The third-order valence-electron chi connectivity index (χ3n) is 3.07. The van der Waals surface area contributed by atoms with Gasteiger partial charge >= 0.3 is 0 Å². The fourth-order valence-electron chi connectivity index (χ4n) is 1.81. The summed E-state index contributed by atoms with van der Waals surface area (Å²) in [4.78, 5) is 16.3. The van der Waals surface area contributed by atoms with Crippen molar-refractivity contribution in [2.45, 2.75) is 32.7 Å². The van der Waals surface area contributed by atoms with Crippen LogP contribution in [0.15, 0.2) is 21.2 Å². The first-order valence-electron chi connectivity index (χ1n) is 6.53. The number of hydrogen-bond acceptors (Lipinski definition) is 5. The van der Waals surface area contributed by atoms with Gasteiger partial charge in [-0.05, 0) is 24.8 Å². The first-order chi connectivity index (χ1) is 9.63. The Kier molecular flexibility index (Phi) is 4.92. The summed E-state index contributed by atoms with van der Waals surface area (Å²) in [5.74, 6) is 1.04. The summed E-state index contributed by atoms with van der Waals surface area (Å²) in [5, 5.41) is 15.7. The van der Waals surface area contributed by atoms with Crippen LogP contribution in [0, 0.1) is 6.92 Å². The monoisotopic (exact) mass is 294 g/mol. The molecule has 0 aliphatic carbocycles. The second-order valence-electron chi connectivity index (χ2n) is 4.57. The molecule has 108 valence electrons. The van der Waals surface area contributed by atoms with Crippen LogP contribution in [0.25, 0.3) is 11.5 Å². The molecule has 1 atom stereocenters. The van der Waals surface area contributed by atoms with Crippen molar-refractivity contribution in [3.8, 4) is 11.5 Å². The van der Waals surface area contributed by atoms with E-state index in [0.29, 0.717) is 23.8 Å². The molecule has 0 radical (unpaired) electrons. The Morgan fingerprint density at radius 1 is 1.60 bits per heavy atom. The summed E-state index contributed by atoms with van der Waals surface area (Å²) >= 11 is 1.57. The van der Waals surface area contributed by atoms with E-state index in [1.54, 1.807) is 18.3 Å². The molecule has 0 spiro atoms. The second-order valence-corrected chi connectivity index (χ2v) is 5.35. The van der Waals surface area contributed by atoms with Crippen molar-refractivity contribution in [1.82, 2.24) is 10.3 Å².